The van der Waals surface area contributed by atoms with E-state index in [1.165, 1.54) is 19.3 Å². The number of ether oxygens (including phenoxy) is 1. The molecule has 0 aromatic heterocycles. The predicted octanol–water partition coefficient (Wildman–Crippen LogP) is 1.86. The maximum atomic E-state index is 9.78. The van der Waals surface area contributed by atoms with Crippen LogP contribution in [0.2, 0.25) is 0 Å². The van der Waals surface area contributed by atoms with Gasteiger partial charge in [0.05, 0.1) is 12.2 Å². The minimum atomic E-state index is -0.222. The van der Waals surface area contributed by atoms with Gasteiger partial charge in [-0.2, -0.15) is 0 Å². The molecule has 1 aliphatic carbocycles. The highest BCUT2D eigenvalue weighted by Gasteiger charge is 2.59. The van der Waals surface area contributed by atoms with E-state index in [-0.39, 0.29) is 11.7 Å². The van der Waals surface area contributed by atoms with Crippen LogP contribution in [0.4, 0.5) is 0 Å². The maximum absolute atomic E-state index is 9.78. The molecule has 0 aromatic carbocycles. The molecule has 0 aromatic rings. The number of fused-ring (bicyclic) bond motifs is 1. The lowest BCUT2D eigenvalue weighted by molar-refractivity contribution is 0.0649. The molecule has 0 radical (unpaired) electrons. The molecule has 3 unspecified atom stereocenters. The number of hydrogen-bond acceptors (Lipinski definition) is 2. The van der Waals surface area contributed by atoms with Crippen molar-refractivity contribution in [1.29, 1.82) is 0 Å². The minimum absolute atomic E-state index is 0.106. The molecule has 1 saturated heterocycles. The van der Waals surface area contributed by atoms with Gasteiger partial charge in [0.15, 0.2) is 0 Å². The fourth-order valence-electron chi connectivity index (χ4n) is 2.47. The van der Waals surface area contributed by atoms with E-state index in [0.717, 1.165) is 19.3 Å². The maximum Gasteiger partial charge on any atom is 0.120 e. The summed E-state index contributed by atoms with van der Waals surface area (Å²) in [5, 5.41) is 9.78. The second-order valence-electron chi connectivity index (χ2n) is 4.08. The van der Waals surface area contributed by atoms with Crippen molar-refractivity contribution < 1.29 is 9.84 Å². The summed E-state index contributed by atoms with van der Waals surface area (Å²) in [6, 6.07) is 0. The van der Waals surface area contributed by atoms with Crippen molar-refractivity contribution in [3.63, 3.8) is 0 Å². The van der Waals surface area contributed by atoms with E-state index >= 15 is 0 Å². The van der Waals surface area contributed by atoms with E-state index in [2.05, 4.69) is 0 Å². The lowest BCUT2D eigenvalue weighted by Gasteiger charge is -2.16. The Morgan fingerprint density at radius 2 is 2.33 bits per heavy atom. The average Bonchev–Trinajstić information content (AvgIpc) is 2.76. The van der Waals surface area contributed by atoms with Gasteiger partial charge in [-0.15, -0.1) is 0 Å². The molecule has 1 aliphatic heterocycles. The van der Waals surface area contributed by atoms with Gasteiger partial charge in [-0.05, 0) is 19.3 Å². The van der Waals surface area contributed by atoms with Crippen LogP contribution in [0.1, 0.15) is 45.4 Å². The molecule has 0 amide bonds. The summed E-state index contributed by atoms with van der Waals surface area (Å²) in [5.74, 6) is 0. The molecule has 12 heavy (non-hydrogen) atoms. The number of hydrogen-bond donors (Lipinski definition) is 1. The highest BCUT2D eigenvalue weighted by molar-refractivity contribution is 5.08. The standard InChI is InChI=1S/C10H18O2/c1-2-8(11)10-7-5-3-4-6-9(10)12-10/h8-9,11H,2-7H2,1H3. The lowest BCUT2D eigenvalue weighted by atomic mass is 9.92. The first-order chi connectivity index (χ1) is 5.79. The summed E-state index contributed by atoms with van der Waals surface area (Å²) in [7, 11) is 0. The first-order valence-electron chi connectivity index (χ1n) is 5.15. The van der Waals surface area contributed by atoms with Crippen LogP contribution in [0.15, 0.2) is 0 Å². The van der Waals surface area contributed by atoms with Crippen LogP contribution in [0.3, 0.4) is 0 Å². The third-order valence-corrected chi connectivity index (χ3v) is 3.33. The normalized spacial score (nSPS) is 43.0. The Hall–Kier alpha value is -0.0800. The zero-order valence-corrected chi connectivity index (χ0v) is 7.75. The van der Waals surface area contributed by atoms with Crippen molar-refractivity contribution in [1.82, 2.24) is 0 Å². The van der Waals surface area contributed by atoms with Crippen LogP contribution in [0, 0.1) is 0 Å². The Labute approximate surface area is 73.9 Å². The van der Waals surface area contributed by atoms with Crippen LogP contribution in [-0.4, -0.2) is 22.9 Å². The number of rotatable bonds is 2. The van der Waals surface area contributed by atoms with Gasteiger partial charge < -0.3 is 9.84 Å². The molecule has 2 heteroatoms. The average molecular weight is 170 g/mol. The topological polar surface area (TPSA) is 32.8 Å². The Kier molecular flexibility index (Phi) is 2.13. The molecule has 2 nitrogen and oxygen atoms in total. The van der Waals surface area contributed by atoms with Gasteiger partial charge in [-0.3, -0.25) is 0 Å². The van der Waals surface area contributed by atoms with Crippen LogP contribution in [0.25, 0.3) is 0 Å². The van der Waals surface area contributed by atoms with Gasteiger partial charge in [0.2, 0.25) is 0 Å². The third-order valence-electron chi connectivity index (χ3n) is 3.33. The van der Waals surface area contributed by atoms with Gasteiger partial charge >= 0.3 is 0 Å². The molecule has 2 aliphatic rings. The van der Waals surface area contributed by atoms with Gasteiger partial charge in [0.25, 0.3) is 0 Å². The number of epoxide rings is 1. The smallest absolute Gasteiger partial charge is 0.120 e. The monoisotopic (exact) mass is 170 g/mol. The summed E-state index contributed by atoms with van der Waals surface area (Å²) in [4.78, 5) is 0. The quantitative estimate of drug-likeness (QED) is 0.642. The molecule has 1 saturated carbocycles. The van der Waals surface area contributed by atoms with Crippen molar-refractivity contribution in [3.05, 3.63) is 0 Å². The Morgan fingerprint density at radius 3 is 3.08 bits per heavy atom. The van der Waals surface area contributed by atoms with Gasteiger partial charge in [0, 0.05) is 0 Å². The zero-order valence-electron chi connectivity index (χ0n) is 7.75. The molecule has 1 N–H and O–H groups in total. The van der Waals surface area contributed by atoms with Crippen molar-refractivity contribution >= 4 is 0 Å². The molecule has 2 rings (SSSR count). The minimum Gasteiger partial charge on any atom is -0.390 e. The van der Waals surface area contributed by atoms with Crippen LogP contribution < -0.4 is 0 Å². The molecule has 0 spiro atoms. The Morgan fingerprint density at radius 1 is 1.50 bits per heavy atom. The van der Waals surface area contributed by atoms with E-state index in [0.29, 0.717) is 6.10 Å². The lowest BCUT2D eigenvalue weighted by Crippen LogP contribution is -2.31. The van der Waals surface area contributed by atoms with E-state index in [9.17, 15) is 5.11 Å². The van der Waals surface area contributed by atoms with Crippen molar-refractivity contribution in [3.8, 4) is 0 Å². The molecule has 0 bridgehead atoms. The molecular formula is C10H18O2. The largest absolute Gasteiger partial charge is 0.390 e. The first kappa shape index (κ1) is 8.52. The highest BCUT2D eigenvalue weighted by Crippen LogP contribution is 2.49. The number of aliphatic hydroxyl groups excluding tert-OH is 1. The molecule has 2 fully saturated rings. The summed E-state index contributed by atoms with van der Waals surface area (Å²) < 4.78 is 5.65. The predicted molar refractivity (Wildman–Crippen MR) is 47.0 cm³/mol. The second kappa shape index (κ2) is 3.00. The van der Waals surface area contributed by atoms with Gasteiger partial charge in [-0.1, -0.05) is 26.2 Å². The summed E-state index contributed by atoms with van der Waals surface area (Å²) >= 11 is 0. The van der Waals surface area contributed by atoms with Crippen molar-refractivity contribution in [2.75, 3.05) is 0 Å². The molecular weight excluding hydrogens is 152 g/mol. The van der Waals surface area contributed by atoms with Crippen LogP contribution in [-0.2, 0) is 4.74 Å². The SMILES string of the molecule is CCC(O)C12CCCCCC1O2. The number of aliphatic hydroxyl groups is 1. The van der Waals surface area contributed by atoms with Crippen LogP contribution >= 0.6 is 0 Å². The molecule has 70 valence electrons. The van der Waals surface area contributed by atoms with E-state index in [1.54, 1.807) is 0 Å². The highest BCUT2D eigenvalue weighted by atomic mass is 16.6. The van der Waals surface area contributed by atoms with Gasteiger partial charge in [0.1, 0.15) is 5.60 Å². The molecule has 1 heterocycles. The van der Waals surface area contributed by atoms with E-state index in [1.807, 2.05) is 6.92 Å². The van der Waals surface area contributed by atoms with Crippen molar-refractivity contribution in [2.24, 2.45) is 0 Å². The van der Waals surface area contributed by atoms with Crippen LogP contribution in [0.5, 0.6) is 0 Å². The fraction of sp³-hybridized carbons (Fsp3) is 1.00. The second-order valence-corrected chi connectivity index (χ2v) is 4.08. The third kappa shape index (κ3) is 1.17. The summed E-state index contributed by atoms with van der Waals surface area (Å²) in [5.41, 5.74) is -0.106. The van der Waals surface area contributed by atoms with Crippen molar-refractivity contribution in [2.45, 2.75) is 63.3 Å². The fourth-order valence-corrected chi connectivity index (χ4v) is 2.47. The summed E-state index contributed by atoms with van der Waals surface area (Å²) in [6.07, 6.45) is 7.06. The Bertz CT molecular complexity index is 169. The Balaban J connectivity index is 2.01. The van der Waals surface area contributed by atoms with Gasteiger partial charge in [-0.25, -0.2) is 0 Å². The first-order valence-corrected chi connectivity index (χ1v) is 5.15. The zero-order chi connectivity index (χ0) is 8.60. The van der Waals surface area contributed by atoms with E-state index < -0.39 is 0 Å². The summed E-state index contributed by atoms with van der Waals surface area (Å²) in [6.45, 7) is 2.03. The van der Waals surface area contributed by atoms with E-state index in [4.69, 9.17) is 4.74 Å². The molecule has 3 atom stereocenters.